The van der Waals surface area contributed by atoms with E-state index < -0.39 is 24.1 Å². The summed E-state index contributed by atoms with van der Waals surface area (Å²) in [4.78, 5) is 34.3. The van der Waals surface area contributed by atoms with Gasteiger partial charge in [0.05, 0.1) is 12.2 Å². The van der Waals surface area contributed by atoms with Crippen molar-refractivity contribution in [2.45, 2.75) is 96.7 Å². The lowest BCUT2D eigenvalue weighted by atomic mass is 9.88. The number of carbonyl (C=O) groups excluding carboxylic acids is 3. The second-order valence-electron chi connectivity index (χ2n) is 8.09. The highest BCUT2D eigenvalue weighted by molar-refractivity contribution is 5.84. The highest BCUT2D eigenvalue weighted by atomic mass is 16.7. The van der Waals surface area contributed by atoms with Crippen LogP contribution in [0.4, 0.5) is 0 Å². The normalized spacial score (nSPS) is 22.4. The van der Waals surface area contributed by atoms with Gasteiger partial charge in [0.25, 0.3) is 0 Å². The van der Waals surface area contributed by atoms with E-state index in [2.05, 4.69) is 11.7 Å². The molecule has 1 aliphatic carbocycles. The van der Waals surface area contributed by atoms with E-state index in [1.165, 1.54) is 6.92 Å². The summed E-state index contributed by atoms with van der Waals surface area (Å²) in [5, 5.41) is 20.3. The molecular formula is C23H38O7. The molecule has 172 valence electrons. The molecule has 0 heterocycles. The fourth-order valence-electron chi connectivity index (χ4n) is 3.79. The van der Waals surface area contributed by atoms with Gasteiger partial charge in [0.1, 0.15) is 5.78 Å². The molecule has 7 heteroatoms. The summed E-state index contributed by atoms with van der Waals surface area (Å²) in [6, 6.07) is 0. The lowest BCUT2D eigenvalue weighted by Crippen LogP contribution is -2.19. The molecule has 0 radical (unpaired) electrons. The second-order valence-corrected chi connectivity index (χ2v) is 8.09. The van der Waals surface area contributed by atoms with Crippen LogP contribution in [0.1, 0.15) is 84.5 Å². The zero-order valence-corrected chi connectivity index (χ0v) is 18.4. The number of unbranched alkanes of at least 4 members (excludes halogenated alkanes) is 5. The summed E-state index contributed by atoms with van der Waals surface area (Å²) in [5.41, 5.74) is 0. The fraction of sp³-hybridized carbons (Fsp3) is 0.783. The molecule has 0 aromatic rings. The van der Waals surface area contributed by atoms with Gasteiger partial charge in [0.15, 0.2) is 0 Å². The molecule has 0 aromatic heterocycles. The Morgan fingerprint density at radius 3 is 2.57 bits per heavy atom. The molecule has 1 aliphatic rings. The lowest BCUT2D eigenvalue weighted by molar-refractivity contribution is -0.165. The van der Waals surface area contributed by atoms with Gasteiger partial charge >= 0.3 is 11.9 Å². The third kappa shape index (κ3) is 10.9. The number of ketones is 1. The van der Waals surface area contributed by atoms with Crippen LogP contribution in [0.25, 0.3) is 0 Å². The molecule has 1 unspecified atom stereocenters. The monoisotopic (exact) mass is 426 g/mol. The van der Waals surface area contributed by atoms with Crippen LogP contribution < -0.4 is 0 Å². The predicted octanol–water partition coefficient (Wildman–Crippen LogP) is 3.45. The molecule has 7 nitrogen and oxygen atoms in total. The van der Waals surface area contributed by atoms with E-state index in [1.807, 2.05) is 6.08 Å². The number of aliphatic hydroxyl groups excluding tert-OH is 2. The van der Waals surface area contributed by atoms with Crippen LogP contribution in [0.5, 0.6) is 0 Å². The van der Waals surface area contributed by atoms with Crippen LogP contribution in [-0.2, 0) is 23.9 Å². The summed E-state index contributed by atoms with van der Waals surface area (Å²) in [7, 11) is 0. The van der Waals surface area contributed by atoms with Gasteiger partial charge in [-0.25, -0.2) is 0 Å². The third-order valence-corrected chi connectivity index (χ3v) is 5.52. The highest BCUT2D eigenvalue weighted by Crippen LogP contribution is 2.34. The van der Waals surface area contributed by atoms with Crippen LogP contribution >= 0.6 is 0 Å². The number of ether oxygens (including phenoxy) is 2. The maximum Gasteiger partial charge on any atom is 0.308 e. The minimum Gasteiger partial charge on any atom is -0.428 e. The van der Waals surface area contributed by atoms with Gasteiger partial charge in [-0.2, -0.15) is 0 Å². The van der Waals surface area contributed by atoms with E-state index in [-0.39, 0.29) is 37.3 Å². The molecule has 1 fully saturated rings. The quantitative estimate of drug-likeness (QED) is 0.179. The molecular weight excluding hydrogens is 388 g/mol. The SMILES string of the molecule is CCCCC[C@H](O)/C=C/C1[C@H](O)CC(=O)[C@@H]1CCCCCCC(=O)OCOC(C)=O. The molecule has 0 aromatic carbocycles. The smallest absolute Gasteiger partial charge is 0.308 e. The zero-order valence-electron chi connectivity index (χ0n) is 18.4. The topological polar surface area (TPSA) is 110 Å². The number of hydrogen-bond acceptors (Lipinski definition) is 7. The Labute approximate surface area is 179 Å². The van der Waals surface area contributed by atoms with E-state index in [0.717, 1.165) is 38.5 Å². The van der Waals surface area contributed by atoms with E-state index in [0.29, 0.717) is 19.3 Å². The average molecular weight is 427 g/mol. The van der Waals surface area contributed by atoms with Crippen molar-refractivity contribution in [3.05, 3.63) is 12.2 Å². The molecule has 0 aliphatic heterocycles. The maximum atomic E-state index is 12.3. The number of aliphatic hydroxyl groups is 2. The first-order valence-electron chi connectivity index (χ1n) is 11.2. The van der Waals surface area contributed by atoms with E-state index in [4.69, 9.17) is 4.74 Å². The van der Waals surface area contributed by atoms with Crippen LogP contribution in [0, 0.1) is 11.8 Å². The van der Waals surface area contributed by atoms with Crippen molar-refractivity contribution in [2.24, 2.45) is 11.8 Å². The number of rotatable bonds is 15. The third-order valence-electron chi connectivity index (χ3n) is 5.52. The predicted molar refractivity (Wildman–Crippen MR) is 112 cm³/mol. The summed E-state index contributed by atoms with van der Waals surface area (Å²) in [6.07, 6.45) is 10.6. The minimum atomic E-state index is -0.673. The number of Topliss-reactive ketones (excluding diaryl/α,β-unsaturated/α-hetero) is 1. The van der Waals surface area contributed by atoms with Crippen molar-refractivity contribution in [1.82, 2.24) is 0 Å². The van der Waals surface area contributed by atoms with Crippen LogP contribution in [0.15, 0.2) is 12.2 Å². The Morgan fingerprint density at radius 1 is 1.13 bits per heavy atom. The van der Waals surface area contributed by atoms with Gasteiger partial charge in [-0.3, -0.25) is 14.4 Å². The van der Waals surface area contributed by atoms with Gasteiger partial charge in [-0.1, -0.05) is 57.6 Å². The Hall–Kier alpha value is -1.73. The van der Waals surface area contributed by atoms with Crippen LogP contribution in [0.2, 0.25) is 0 Å². The Kier molecular flexibility index (Phi) is 13.3. The van der Waals surface area contributed by atoms with E-state index in [9.17, 15) is 24.6 Å². The Bertz CT molecular complexity index is 558. The molecule has 1 rings (SSSR count). The molecule has 0 saturated heterocycles. The molecule has 2 N–H and O–H groups in total. The van der Waals surface area contributed by atoms with Crippen molar-refractivity contribution in [2.75, 3.05) is 6.79 Å². The Morgan fingerprint density at radius 2 is 1.87 bits per heavy atom. The van der Waals surface area contributed by atoms with Gasteiger partial charge < -0.3 is 19.7 Å². The standard InChI is InChI=1S/C23H38O7/c1-3-4-7-10-18(25)13-14-20-19(21(26)15-22(20)27)11-8-5-6-9-12-23(28)30-16-29-17(2)24/h13-14,18-20,22,25,27H,3-12,15-16H2,1-2H3/b14-13+/t18-,19+,20?,22+/m0/s1. The number of esters is 2. The highest BCUT2D eigenvalue weighted by Gasteiger charge is 2.39. The zero-order chi connectivity index (χ0) is 22.4. The van der Waals surface area contributed by atoms with Gasteiger partial charge in [0, 0.05) is 31.6 Å². The summed E-state index contributed by atoms with van der Waals surface area (Å²) < 4.78 is 9.32. The average Bonchev–Trinajstić information content (AvgIpc) is 2.95. The first-order valence-corrected chi connectivity index (χ1v) is 11.2. The molecule has 1 saturated carbocycles. The lowest BCUT2D eigenvalue weighted by Gasteiger charge is -2.18. The molecule has 0 spiro atoms. The van der Waals surface area contributed by atoms with Gasteiger partial charge in [0.2, 0.25) is 6.79 Å². The van der Waals surface area contributed by atoms with E-state index >= 15 is 0 Å². The minimum absolute atomic E-state index is 0.0895. The summed E-state index contributed by atoms with van der Waals surface area (Å²) in [6.45, 7) is 3.02. The first kappa shape index (κ1) is 26.3. The molecule has 4 atom stereocenters. The number of hydrogen-bond donors (Lipinski definition) is 2. The van der Waals surface area contributed by atoms with Crippen molar-refractivity contribution < 1.29 is 34.1 Å². The first-order chi connectivity index (χ1) is 14.3. The Balaban J connectivity index is 2.27. The number of carbonyl (C=O) groups is 3. The molecule has 0 amide bonds. The maximum absolute atomic E-state index is 12.3. The summed E-state index contributed by atoms with van der Waals surface area (Å²) >= 11 is 0. The molecule has 30 heavy (non-hydrogen) atoms. The van der Waals surface area contributed by atoms with Gasteiger partial charge in [-0.05, 0) is 19.3 Å². The molecule has 0 bridgehead atoms. The van der Waals surface area contributed by atoms with Crippen molar-refractivity contribution in [1.29, 1.82) is 0 Å². The van der Waals surface area contributed by atoms with Crippen molar-refractivity contribution in [3.8, 4) is 0 Å². The summed E-state index contributed by atoms with van der Waals surface area (Å²) in [5.74, 6) is -1.23. The van der Waals surface area contributed by atoms with Crippen LogP contribution in [-0.4, -0.2) is 46.9 Å². The second kappa shape index (κ2) is 15.1. The van der Waals surface area contributed by atoms with Crippen molar-refractivity contribution >= 4 is 17.7 Å². The van der Waals surface area contributed by atoms with Gasteiger partial charge in [-0.15, -0.1) is 0 Å². The van der Waals surface area contributed by atoms with Crippen LogP contribution in [0.3, 0.4) is 0 Å². The van der Waals surface area contributed by atoms with E-state index in [1.54, 1.807) is 6.08 Å². The fourth-order valence-corrected chi connectivity index (χ4v) is 3.79. The largest absolute Gasteiger partial charge is 0.428 e. The van der Waals surface area contributed by atoms with Crippen molar-refractivity contribution in [3.63, 3.8) is 0 Å².